The number of aryl methyl sites for hydroxylation is 1. The number of ether oxygens (including phenoxy) is 6. The molecule has 0 amide bonds. The van der Waals surface area contributed by atoms with Crippen LogP contribution < -0.4 is 0 Å². The maximum absolute atomic E-state index is 13.8. The maximum atomic E-state index is 13.8. The fourth-order valence-electron chi connectivity index (χ4n) is 6.65. The molecule has 3 aromatic heterocycles. The molecule has 5 aromatic rings. The van der Waals surface area contributed by atoms with Crippen LogP contribution in [0.5, 0.6) is 0 Å². The van der Waals surface area contributed by atoms with Gasteiger partial charge in [-0.3, -0.25) is 14.2 Å². The second-order valence-corrected chi connectivity index (χ2v) is 15.5. The highest BCUT2D eigenvalue weighted by Gasteiger charge is 2.63. The minimum atomic E-state index is -4.11. The van der Waals surface area contributed by atoms with Crippen molar-refractivity contribution in [2.24, 2.45) is 0 Å². The number of carbonyl (C=O) groups is 4. The van der Waals surface area contributed by atoms with Crippen molar-refractivity contribution in [2.75, 3.05) is 19.8 Å². The smallest absolute Gasteiger partial charge is 0.350 e. The lowest BCUT2D eigenvalue weighted by atomic mass is 9.91. The number of rotatable bonds is 15. The average molecular weight is 863 g/mol. The molecule has 0 N–H and O–H groups in total. The van der Waals surface area contributed by atoms with Gasteiger partial charge in [0, 0.05) is 25.8 Å². The number of hydrogen-bond acceptors (Lipinski definition) is 16. The van der Waals surface area contributed by atoms with Gasteiger partial charge in [0.1, 0.15) is 17.3 Å². The average Bonchev–Trinajstić information content (AvgIpc) is 3.94. The molecule has 0 aliphatic carbocycles. The van der Waals surface area contributed by atoms with Gasteiger partial charge in [0.05, 0.1) is 43.4 Å². The van der Waals surface area contributed by atoms with Crippen LogP contribution in [0.25, 0.3) is 22.4 Å². The molecule has 2 aromatic carbocycles. The first-order valence-electron chi connectivity index (χ1n) is 18.4. The van der Waals surface area contributed by atoms with Crippen molar-refractivity contribution < 1.29 is 56.0 Å². The van der Waals surface area contributed by atoms with Crippen molar-refractivity contribution >= 4 is 56.7 Å². The Morgan fingerprint density at radius 1 is 0.983 bits per heavy atom. The molecule has 0 saturated carbocycles. The Bertz CT molecular complexity index is 2560. The third kappa shape index (κ3) is 8.31. The molecule has 4 heterocycles. The number of hydrogen-bond donors (Lipinski definition) is 0. The van der Waals surface area contributed by atoms with E-state index in [1.54, 1.807) is 56.3 Å². The zero-order valence-electron chi connectivity index (χ0n) is 32.9. The van der Waals surface area contributed by atoms with E-state index in [0.717, 1.165) is 23.5 Å². The first kappa shape index (κ1) is 43.4. The number of carbonyl (C=O) groups excluding carboxylic acids is 4. The Morgan fingerprint density at radius 2 is 1.65 bits per heavy atom. The molecular formula is C40H39ClN6O12S. The van der Waals surface area contributed by atoms with E-state index in [1.165, 1.54) is 35.4 Å². The van der Waals surface area contributed by atoms with Crippen LogP contribution in [0.1, 0.15) is 45.0 Å². The van der Waals surface area contributed by atoms with Crippen LogP contribution in [-0.4, -0.2) is 104 Å². The standard InChI is InChI=1S/C40H39ClN6O12S/c1-7-39(59-26(6)49)30(22-56-40(36(50)54-8-2,37(51)55-9-3)19-27-13-11-10-12-14-27)58-35(33(39)57-25(5)48)46-23-42-32-31(44-38(41)45-34(32)46)28-20-43-47(21-28)60(52,53)29-17-15-24(4)16-18-29/h1,10-18,20-21,23,30,33,35H,8-9,19,22H2,2-6H3/t30-,33+,35-,39-/m1/s1. The normalized spacial score (nSPS) is 19.1. The van der Waals surface area contributed by atoms with E-state index in [0.29, 0.717) is 5.56 Å². The van der Waals surface area contributed by atoms with E-state index < -0.39 is 70.1 Å². The molecule has 20 heteroatoms. The van der Waals surface area contributed by atoms with Gasteiger partial charge in [0.15, 0.2) is 11.9 Å². The zero-order chi connectivity index (χ0) is 43.4. The highest BCUT2D eigenvalue weighted by atomic mass is 35.5. The summed E-state index contributed by atoms with van der Waals surface area (Å²) in [6, 6.07) is 14.7. The largest absolute Gasteiger partial charge is 0.463 e. The Balaban J connectivity index is 1.44. The summed E-state index contributed by atoms with van der Waals surface area (Å²) in [6.45, 7) is 6.09. The minimum Gasteiger partial charge on any atom is -0.463 e. The van der Waals surface area contributed by atoms with Gasteiger partial charge < -0.3 is 28.4 Å². The van der Waals surface area contributed by atoms with E-state index in [4.69, 9.17) is 46.4 Å². The second kappa shape index (κ2) is 17.6. The number of fused-ring (bicyclic) bond motifs is 1. The van der Waals surface area contributed by atoms with Crippen LogP contribution in [0.15, 0.2) is 78.2 Å². The molecule has 0 spiro atoms. The van der Waals surface area contributed by atoms with Gasteiger partial charge in [-0.05, 0) is 50.1 Å². The van der Waals surface area contributed by atoms with Crippen molar-refractivity contribution in [3.63, 3.8) is 0 Å². The van der Waals surface area contributed by atoms with Crippen LogP contribution in [0.4, 0.5) is 0 Å². The topological polar surface area (TPSA) is 219 Å². The van der Waals surface area contributed by atoms with Gasteiger partial charge in [-0.15, -0.1) is 6.42 Å². The molecule has 18 nitrogen and oxygen atoms in total. The third-order valence-corrected chi connectivity index (χ3v) is 11.1. The summed E-state index contributed by atoms with van der Waals surface area (Å²) in [7, 11) is -4.11. The quantitative estimate of drug-likeness (QED) is 0.0481. The van der Waals surface area contributed by atoms with Gasteiger partial charge >= 0.3 is 23.9 Å². The van der Waals surface area contributed by atoms with Crippen molar-refractivity contribution in [3.8, 4) is 23.6 Å². The van der Waals surface area contributed by atoms with Crippen molar-refractivity contribution in [2.45, 2.75) is 75.6 Å². The van der Waals surface area contributed by atoms with E-state index in [-0.39, 0.29) is 52.2 Å². The van der Waals surface area contributed by atoms with Gasteiger partial charge in [-0.25, -0.2) is 19.6 Å². The lowest BCUT2D eigenvalue weighted by molar-refractivity contribution is -0.200. The van der Waals surface area contributed by atoms with Crippen molar-refractivity contribution in [3.05, 3.63) is 89.7 Å². The number of benzene rings is 2. The van der Waals surface area contributed by atoms with Gasteiger partial charge in [0.25, 0.3) is 15.6 Å². The molecule has 0 radical (unpaired) electrons. The molecular weight excluding hydrogens is 824 g/mol. The summed E-state index contributed by atoms with van der Waals surface area (Å²) < 4.78 is 63.7. The van der Waals surface area contributed by atoms with Crippen LogP contribution in [0, 0.1) is 19.3 Å². The number of halogens is 1. The number of nitrogens with zero attached hydrogens (tertiary/aromatic N) is 6. The lowest BCUT2D eigenvalue weighted by Crippen LogP contribution is -2.57. The van der Waals surface area contributed by atoms with E-state index in [9.17, 15) is 27.6 Å². The molecule has 0 unspecified atom stereocenters. The lowest BCUT2D eigenvalue weighted by Gasteiger charge is -2.34. The summed E-state index contributed by atoms with van der Waals surface area (Å²) in [5.74, 6) is -1.51. The Labute approximate surface area is 349 Å². The monoisotopic (exact) mass is 862 g/mol. The second-order valence-electron chi connectivity index (χ2n) is 13.4. The first-order chi connectivity index (χ1) is 28.6. The minimum absolute atomic E-state index is 0.00193. The maximum Gasteiger partial charge on any atom is 0.350 e. The molecule has 1 fully saturated rings. The van der Waals surface area contributed by atoms with E-state index >= 15 is 0 Å². The van der Waals surface area contributed by atoms with Crippen LogP contribution in [-0.2, 0) is 64.0 Å². The molecule has 4 atom stereocenters. The third-order valence-electron chi connectivity index (χ3n) is 9.35. The number of aromatic nitrogens is 6. The van der Waals surface area contributed by atoms with Crippen molar-refractivity contribution in [1.29, 1.82) is 0 Å². The molecule has 1 aliphatic heterocycles. The number of terminal acetylenes is 1. The predicted octanol–water partition coefficient (Wildman–Crippen LogP) is 3.78. The van der Waals surface area contributed by atoms with Gasteiger partial charge in [-0.2, -0.15) is 22.6 Å². The van der Waals surface area contributed by atoms with Crippen LogP contribution in [0.2, 0.25) is 5.28 Å². The molecule has 0 bridgehead atoms. The van der Waals surface area contributed by atoms with Gasteiger partial charge in [0.2, 0.25) is 17.0 Å². The van der Waals surface area contributed by atoms with Crippen molar-refractivity contribution in [1.82, 2.24) is 28.7 Å². The Kier molecular flexibility index (Phi) is 12.7. The number of esters is 4. The van der Waals surface area contributed by atoms with Gasteiger partial charge in [-0.1, -0.05) is 53.9 Å². The summed E-state index contributed by atoms with van der Waals surface area (Å²) in [5, 5.41) is 3.76. The molecule has 60 heavy (non-hydrogen) atoms. The summed E-state index contributed by atoms with van der Waals surface area (Å²) >= 11 is 6.45. The number of imidazole rings is 1. The first-order valence-corrected chi connectivity index (χ1v) is 20.2. The molecule has 1 aliphatic rings. The predicted molar refractivity (Wildman–Crippen MR) is 210 cm³/mol. The molecule has 6 rings (SSSR count). The van der Waals surface area contributed by atoms with E-state index in [1.807, 2.05) is 6.92 Å². The molecule has 314 valence electrons. The Hall–Kier alpha value is -6.20. The summed E-state index contributed by atoms with van der Waals surface area (Å²) in [5.41, 5.74) is -3.03. The molecule has 1 saturated heterocycles. The van der Waals surface area contributed by atoms with Crippen LogP contribution in [0.3, 0.4) is 0 Å². The summed E-state index contributed by atoms with van der Waals surface area (Å²) in [4.78, 5) is 66.2. The Morgan fingerprint density at radius 3 is 2.25 bits per heavy atom. The van der Waals surface area contributed by atoms with Crippen LogP contribution >= 0.6 is 11.6 Å². The SMILES string of the molecule is C#C[C@@]1(OC(C)=O)[C@@H](COC(Cc2ccccc2)(C(=O)OCC)C(=O)OCC)O[C@@H](n2cnc3c(-c4cnn(S(=O)(=O)c5ccc(C)cc5)c4)nc(Cl)nc32)[C@@H]1OC(C)=O. The van der Waals surface area contributed by atoms with E-state index in [2.05, 4.69) is 26.0 Å². The fraction of sp³-hybridized carbons (Fsp3) is 0.350. The fourth-order valence-corrected chi connectivity index (χ4v) is 7.93. The summed E-state index contributed by atoms with van der Waals surface area (Å²) in [6.07, 6.45) is 4.78. The highest BCUT2D eigenvalue weighted by molar-refractivity contribution is 7.89. The zero-order valence-corrected chi connectivity index (χ0v) is 34.5. The highest BCUT2D eigenvalue weighted by Crippen LogP contribution is 2.44.